The monoisotopic (exact) mass is 460 g/mol. The molecule has 1 saturated carbocycles. The van der Waals surface area contributed by atoms with Crippen LogP contribution in [0.2, 0.25) is 0 Å². The molecule has 1 unspecified atom stereocenters. The summed E-state index contributed by atoms with van der Waals surface area (Å²) >= 11 is 0. The van der Waals surface area contributed by atoms with Crippen LogP contribution in [-0.2, 0) is 17.8 Å². The molecular formula is C24H27F3N4O2. The Morgan fingerprint density at radius 1 is 1.30 bits per heavy atom. The van der Waals surface area contributed by atoms with Crippen LogP contribution in [0.4, 0.5) is 19.0 Å². The van der Waals surface area contributed by atoms with Crippen molar-refractivity contribution in [3.05, 3.63) is 52.5 Å². The molecule has 0 radical (unpaired) electrons. The van der Waals surface area contributed by atoms with Crippen molar-refractivity contribution in [1.82, 2.24) is 14.9 Å². The summed E-state index contributed by atoms with van der Waals surface area (Å²) in [5.74, 6) is 0.244. The molecule has 0 aromatic carbocycles. The van der Waals surface area contributed by atoms with Gasteiger partial charge < -0.3 is 10.2 Å². The summed E-state index contributed by atoms with van der Waals surface area (Å²) in [4.78, 5) is 35.9. The van der Waals surface area contributed by atoms with Gasteiger partial charge in [0.1, 0.15) is 5.82 Å². The van der Waals surface area contributed by atoms with E-state index in [4.69, 9.17) is 0 Å². The van der Waals surface area contributed by atoms with Gasteiger partial charge in [-0.1, -0.05) is 12.5 Å². The van der Waals surface area contributed by atoms with Gasteiger partial charge in [-0.25, -0.2) is 4.98 Å². The third-order valence-electron chi connectivity index (χ3n) is 6.62. The fourth-order valence-electron chi connectivity index (χ4n) is 4.31. The van der Waals surface area contributed by atoms with Crippen LogP contribution in [0.5, 0.6) is 0 Å². The van der Waals surface area contributed by atoms with E-state index in [9.17, 15) is 22.8 Å². The van der Waals surface area contributed by atoms with E-state index in [2.05, 4.69) is 15.3 Å². The van der Waals surface area contributed by atoms with Gasteiger partial charge in [0.2, 0.25) is 5.91 Å². The number of rotatable bonds is 7. The van der Waals surface area contributed by atoms with Crippen LogP contribution in [0.3, 0.4) is 0 Å². The van der Waals surface area contributed by atoms with Gasteiger partial charge >= 0.3 is 6.18 Å². The van der Waals surface area contributed by atoms with Crippen molar-refractivity contribution in [3.63, 3.8) is 0 Å². The molecule has 2 aromatic rings. The lowest BCUT2D eigenvalue weighted by atomic mass is 9.85. The fourth-order valence-corrected chi connectivity index (χ4v) is 4.31. The number of nitrogens with one attached hydrogen (secondary N) is 1. The first-order valence-electron chi connectivity index (χ1n) is 11.3. The normalized spacial score (nSPS) is 17.0. The summed E-state index contributed by atoms with van der Waals surface area (Å²) in [6.07, 6.45) is 1.22. The number of pyridine rings is 2. The average Bonchev–Trinajstić information content (AvgIpc) is 3.04. The van der Waals surface area contributed by atoms with Crippen LogP contribution in [0, 0.1) is 12.8 Å². The second kappa shape index (κ2) is 9.11. The number of carbonyl (C=O) groups is 2. The number of nitrogens with zero attached hydrogens (tertiary/aromatic N) is 3. The highest BCUT2D eigenvalue weighted by Gasteiger charge is 2.35. The van der Waals surface area contributed by atoms with E-state index in [1.54, 1.807) is 17.2 Å². The van der Waals surface area contributed by atoms with Crippen LogP contribution in [0.1, 0.15) is 77.8 Å². The molecule has 2 aliphatic rings. The first-order chi connectivity index (χ1) is 15.6. The molecule has 33 heavy (non-hydrogen) atoms. The van der Waals surface area contributed by atoms with E-state index in [0.717, 1.165) is 30.4 Å². The van der Waals surface area contributed by atoms with Gasteiger partial charge in [-0.3, -0.25) is 14.6 Å². The zero-order valence-corrected chi connectivity index (χ0v) is 18.7. The van der Waals surface area contributed by atoms with Crippen molar-refractivity contribution >= 4 is 17.6 Å². The third-order valence-corrected chi connectivity index (χ3v) is 6.62. The maximum Gasteiger partial charge on any atom is 0.389 e. The third kappa shape index (κ3) is 5.02. The molecule has 4 rings (SSSR count). The first-order valence-corrected chi connectivity index (χ1v) is 11.3. The highest BCUT2D eigenvalue weighted by Crippen LogP contribution is 2.35. The molecule has 2 aromatic heterocycles. The van der Waals surface area contributed by atoms with E-state index in [1.165, 1.54) is 6.20 Å². The number of alkyl halides is 3. The predicted octanol–water partition coefficient (Wildman–Crippen LogP) is 5.13. The van der Waals surface area contributed by atoms with Crippen LogP contribution in [0.25, 0.3) is 0 Å². The number of aryl methyl sites for hydroxylation is 2. The Bertz CT molecular complexity index is 1070. The molecule has 3 heterocycles. The van der Waals surface area contributed by atoms with Crippen molar-refractivity contribution in [2.45, 2.75) is 71.1 Å². The number of hydrogen-bond donors (Lipinski definition) is 1. The minimum atomic E-state index is -4.17. The standard InChI is InChI=1S/C24H27F3N4O2/c1-14-11-17(12-29-20(14)7-4-9-24(25,26)27)15(2)31-13-19-18(23(31)33)8-10-28-21(19)30-22(32)16-5-3-6-16/h8,10-12,15-16H,3-7,9,13H2,1-2H3,(H,28,30,32). The SMILES string of the molecule is Cc1cc(C(C)N2Cc3c(ccnc3NC(=O)C3CCC3)C2=O)cnc1CCCC(F)(F)F. The largest absolute Gasteiger partial charge is 0.389 e. The topological polar surface area (TPSA) is 75.2 Å². The highest BCUT2D eigenvalue weighted by atomic mass is 19.4. The van der Waals surface area contributed by atoms with Crippen LogP contribution in [0.15, 0.2) is 24.5 Å². The van der Waals surface area contributed by atoms with E-state index >= 15 is 0 Å². The van der Waals surface area contributed by atoms with Gasteiger partial charge in [0.25, 0.3) is 5.91 Å². The number of hydrogen-bond acceptors (Lipinski definition) is 4. The molecule has 176 valence electrons. The lowest BCUT2D eigenvalue weighted by Crippen LogP contribution is -2.29. The second-order valence-corrected chi connectivity index (χ2v) is 8.91. The average molecular weight is 461 g/mol. The number of aromatic nitrogens is 2. The summed E-state index contributed by atoms with van der Waals surface area (Å²) < 4.78 is 37.3. The predicted molar refractivity (Wildman–Crippen MR) is 116 cm³/mol. The number of anilines is 1. The first kappa shape index (κ1) is 23.2. The van der Waals surface area contributed by atoms with E-state index in [0.29, 0.717) is 29.2 Å². The molecule has 1 N–H and O–H groups in total. The van der Waals surface area contributed by atoms with E-state index < -0.39 is 12.6 Å². The molecule has 0 bridgehead atoms. The van der Waals surface area contributed by atoms with Gasteiger partial charge in [-0.15, -0.1) is 0 Å². The Morgan fingerprint density at radius 2 is 2.06 bits per heavy atom. The quantitative estimate of drug-likeness (QED) is 0.622. The molecule has 1 atom stereocenters. The molecule has 0 spiro atoms. The van der Waals surface area contributed by atoms with Gasteiger partial charge in [-0.05, 0) is 56.7 Å². The maximum atomic E-state index is 13.1. The summed E-state index contributed by atoms with van der Waals surface area (Å²) in [6.45, 7) is 4.03. The Balaban J connectivity index is 1.46. The lowest BCUT2D eigenvalue weighted by molar-refractivity contribution is -0.135. The summed E-state index contributed by atoms with van der Waals surface area (Å²) in [6, 6.07) is 3.25. The van der Waals surface area contributed by atoms with Crippen LogP contribution in [-0.4, -0.2) is 32.9 Å². The Morgan fingerprint density at radius 3 is 2.70 bits per heavy atom. The Kier molecular flexibility index (Phi) is 6.41. The number of amides is 2. The summed E-state index contributed by atoms with van der Waals surface area (Å²) in [5, 5.41) is 2.89. The highest BCUT2D eigenvalue weighted by molar-refractivity contribution is 6.01. The molecule has 9 heteroatoms. The van der Waals surface area contributed by atoms with Gasteiger partial charge in [0, 0.05) is 41.6 Å². The lowest BCUT2D eigenvalue weighted by Gasteiger charge is -2.25. The number of halogens is 3. The molecule has 1 fully saturated rings. The number of fused-ring (bicyclic) bond motifs is 1. The van der Waals surface area contributed by atoms with Crippen LogP contribution < -0.4 is 5.32 Å². The maximum absolute atomic E-state index is 13.1. The summed E-state index contributed by atoms with van der Waals surface area (Å²) in [7, 11) is 0. The molecule has 0 saturated heterocycles. The minimum absolute atomic E-state index is 0.00544. The minimum Gasteiger partial charge on any atom is -0.327 e. The van der Waals surface area contributed by atoms with Gasteiger partial charge in [0.15, 0.2) is 0 Å². The smallest absolute Gasteiger partial charge is 0.327 e. The fraction of sp³-hybridized carbons (Fsp3) is 0.500. The molecular weight excluding hydrogens is 433 g/mol. The number of carbonyl (C=O) groups excluding carboxylic acids is 2. The van der Waals surface area contributed by atoms with Crippen molar-refractivity contribution in [2.75, 3.05) is 5.32 Å². The summed E-state index contributed by atoms with van der Waals surface area (Å²) in [5.41, 5.74) is 3.48. The van der Waals surface area contributed by atoms with Crippen molar-refractivity contribution < 1.29 is 22.8 Å². The zero-order valence-electron chi connectivity index (χ0n) is 18.7. The van der Waals surface area contributed by atoms with Crippen molar-refractivity contribution in [1.29, 1.82) is 0 Å². The Labute approximate surface area is 190 Å². The van der Waals surface area contributed by atoms with Crippen molar-refractivity contribution in [2.24, 2.45) is 5.92 Å². The second-order valence-electron chi connectivity index (χ2n) is 8.91. The van der Waals surface area contributed by atoms with Crippen LogP contribution >= 0.6 is 0 Å². The van der Waals surface area contributed by atoms with E-state index in [-0.39, 0.29) is 36.6 Å². The van der Waals surface area contributed by atoms with E-state index in [1.807, 2.05) is 19.9 Å². The molecule has 6 nitrogen and oxygen atoms in total. The van der Waals surface area contributed by atoms with Crippen molar-refractivity contribution in [3.8, 4) is 0 Å². The molecule has 1 aliphatic carbocycles. The zero-order chi connectivity index (χ0) is 23.8. The molecule has 2 amide bonds. The van der Waals surface area contributed by atoms with Gasteiger partial charge in [0.05, 0.1) is 12.6 Å². The molecule has 1 aliphatic heterocycles. The van der Waals surface area contributed by atoms with Gasteiger partial charge in [-0.2, -0.15) is 13.2 Å². The Hall–Kier alpha value is -2.97.